The lowest BCUT2D eigenvalue weighted by Gasteiger charge is -2.31. The molecule has 0 saturated heterocycles. The van der Waals surface area contributed by atoms with Gasteiger partial charge in [-0.25, -0.2) is 14.4 Å². The number of hydrogen-bond acceptors (Lipinski definition) is 15. The zero-order valence-corrected chi connectivity index (χ0v) is 30.2. The van der Waals surface area contributed by atoms with E-state index in [4.69, 9.17) is 52.1 Å². The molecule has 0 amide bonds. The van der Waals surface area contributed by atoms with Gasteiger partial charge in [0, 0.05) is 0 Å². The molecule has 0 heterocycles. The minimum Gasteiger partial charge on any atom is -0.496 e. The molecule has 0 saturated carbocycles. The van der Waals surface area contributed by atoms with E-state index >= 15 is 0 Å². The fourth-order valence-electron chi connectivity index (χ4n) is 4.99. The molecule has 0 fully saturated rings. The smallest absolute Gasteiger partial charge is 0.338 e. The van der Waals surface area contributed by atoms with Crippen LogP contribution >= 0.6 is 0 Å². The quantitative estimate of drug-likeness (QED) is 0.135. The molecule has 0 aliphatic carbocycles. The number of carbonyl (C=O) groups is 3. The number of aliphatic hydroxyl groups excluding tert-OH is 1. The van der Waals surface area contributed by atoms with Crippen molar-refractivity contribution >= 4 is 17.9 Å². The van der Waals surface area contributed by atoms with Crippen LogP contribution in [0.2, 0.25) is 0 Å². The number of methoxy groups -OCH3 is 8. The van der Waals surface area contributed by atoms with Crippen LogP contribution in [0.3, 0.4) is 0 Å². The zero-order valence-electron chi connectivity index (χ0n) is 30.2. The van der Waals surface area contributed by atoms with E-state index in [0.29, 0.717) is 5.56 Å². The Morgan fingerprint density at radius 3 is 0.980 bits per heavy atom. The van der Waals surface area contributed by atoms with E-state index in [2.05, 4.69) is 0 Å². The number of ether oxygens (including phenoxy) is 11. The maximum absolute atomic E-state index is 13.4. The number of benzene rings is 3. The van der Waals surface area contributed by atoms with Gasteiger partial charge in [-0.1, -0.05) is 6.92 Å². The standard InChI is InChI=1S/C36H44O15/c1-10-36(18-49-33(38)21-11-25(41-2)24(17-37)26(12-21)42-3,19-50-34(39)22-13-27(43-4)31(47-8)28(14-22)44-5)20-51-35(40)23-15-29(45-6)32(48-9)30(16-23)46-7/h11-16,37H,10,17-20H2,1-9H3. The number of carbonyl (C=O) groups excluding carboxylic acids is 3. The summed E-state index contributed by atoms with van der Waals surface area (Å²) in [5.74, 6) is -0.376. The molecule has 51 heavy (non-hydrogen) atoms. The lowest BCUT2D eigenvalue weighted by molar-refractivity contribution is -0.0382. The molecule has 0 unspecified atom stereocenters. The van der Waals surface area contributed by atoms with Crippen molar-refractivity contribution in [2.45, 2.75) is 20.0 Å². The van der Waals surface area contributed by atoms with Gasteiger partial charge in [-0.05, 0) is 42.8 Å². The second-order valence-corrected chi connectivity index (χ2v) is 10.9. The van der Waals surface area contributed by atoms with E-state index in [0.717, 1.165) is 0 Å². The number of esters is 3. The van der Waals surface area contributed by atoms with Crippen molar-refractivity contribution < 1.29 is 71.6 Å². The Bertz CT molecular complexity index is 1420. The molecule has 0 aromatic heterocycles. The SMILES string of the molecule is CCC(COC(=O)c1cc(OC)c(CO)c(OC)c1)(COC(=O)c1cc(OC)c(OC)c(OC)c1)COC(=O)c1cc(OC)c(OC)c(OC)c1. The Balaban J connectivity index is 1.95. The predicted octanol–water partition coefficient (Wildman–Crippen LogP) is 4.51. The number of rotatable bonds is 19. The Morgan fingerprint density at radius 1 is 0.490 bits per heavy atom. The fraction of sp³-hybridized carbons (Fsp3) is 0.417. The number of hydrogen-bond donors (Lipinski definition) is 1. The lowest BCUT2D eigenvalue weighted by atomic mass is 9.88. The van der Waals surface area contributed by atoms with E-state index < -0.39 is 29.9 Å². The summed E-state index contributed by atoms with van der Waals surface area (Å²) >= 11 is 0. The molecule has 0 aliphatic rings. The van der Waals surface area contributed by atoms with Gasteiger partial charge in [0.1, 0.15) is 31.3 Å². The van der Waals surface area contributed by atoms with Crippen molar-refractivity contribution in [3.63, 3.8) is 0 Å². The summed E-state index contributed by atoms with van der Waals surface area (Å²) < 4.78 is 60.0. The highest BCUT2D eigenvalue weighted by Crippen LogP contribution is 2.40. The molecule has 278 valence electrons. The third kappa shape index (κ3) is 9.16. The second kappa shape index (κ2) is 18.4. The first-order valence-corrected chi connectivity index (χ1v) is 15.5. The predicted molar refractivity (Wildman–Crippen MR) is 181 cm³/mol. The van der Waals surface area contributed by atoms with Crippen LogP contribution in [0.1, 0.15) is 50.0 Å². The van der Waals surface area contributed by atoms with Crippen molar-refractivity contribution in [1.82, 2.24) is 0 Å². The first-order chi connectivity index (χ1) is 24.5. The van der Waals surface area contributed by atoms with Gasteiger partial charge in [0.25, 0.3) is 0 Å². The maximum atomic E-state index is 13.4. The van der Waals surface area contributed by atoms with Crippen LogP contribution in [0.4, 0.5) is 0 Å². The van der Waals surface area contributed by atoms with Gasteiger partial charge in [0.05, 0.1) is 91.2 Å². The molecule has 3 aromatic rings. The van der Waals surface area contributed by atoms with E-state index in [1.165, 1.54) is 93.3 Å². The molecule has 15 nitrogen and oxygen atoms in total. The van der Waals surface area contributed by atoms with Crippen LogP contribution < -0.4 is 37.9 Å². The van der Waals surface area contributed by atoms with Gasteiger partial charge < -0.3 is 57.2 Å². The Hall–Kier alpha value is -5.57. The second-order valence-electron chi connectivity index (χ2n) is 10.9. The molecule has 0 bridgehead atoms. The largest absolute Gasteiger partial charge is 0.496 e. The van der Waals surface area contributed by atoms with Crippen molar-refractivity contribution in [3.05, 3.63) is 58.7 Å². The van der Waals surface area contributed by atoms with Gasteiger partial charge in [-0.3, -0.25) is 0 Å². The molecule has 0 spiro atoms. The van der Waals surface area contributed by atoms with Crippen LogP contribution in [0.5, 0.6) is 46.0 Å². The summed E-state index contributed by atoms with van der Waals surface area (Å²) in [6.07, 6.45) is 0.224. The summed E-state index contributed by atoms with van der Waals surface area (Å²) in [5, 5.41) is 9.78. The Labute approximate surface area is 296 Å². The van der Waals surface area contributed by atoms with Crippen molar-refractivity contribution in [2.75, 3.05) is 76.7 Å². The van der Waals surface area contributed by atoms with Gasteiger partial charge in [-0.15, -0.1) is 0 Å². The molecule has 0 aliphatic heterocycles. The summed E-state index contributed by atoms with van der Waals surface area (Å²) in [6, 6.07) is 8.52. The first kappa shape index (κ1) is 39.9. The molecule has 3 aromatic carbocycles. The van der Waals surface area contributed by atoms with E-state index in [-0.39, 0.29) is 88.9 Å². The molecule has 1 N–H and O–H groups in total. The highest BCUT2D eigenvalue weighted by Gasteiger charge is 2.35. The first-order valence-electron chi connectivity index (χ1n) is 15.5. The highest BCUT2D eigenvalue weighted by atomic mass is 16.6. The van der Waals surface area contributed by atoms with Crippen LogP contribution in [0.15, 0.2) is 36.4 Å². The molecule has 3 rings (SSSR count). The molecular formula is C36H44O15. The van der Waals surface area contributed by atoms with Crippen LogP contribution in [-0.4, -0.2) is 99.7 Å². The highest BCUT2D eigenvalue weighted by molar-refractivity contribution is 5.92. The average Bonchev–Trinajstić information content (AvgIpc) is 3.18. The van der Waals surface area contributed by atoms with Crippen LogP contribution in [0, 0.1) is 5.41 Å². The summed E-state index contributed by atoms with van der Waals surface area (Å²) in [6.45, 7) is 0.335. The van der Waals surface area contributed by atoms with Crippen LogP contribution in [0.25, 0.3) is 0 Å². The number of aliphatic hydroxyl groups is 1. The van der Waals surface area contributed by atoms with Crippen molar-refractivity contribution in [3.8, 4) is 46.0 Å². The van der Waals surface area contributed by atoms with Crippen LogP contribution in [-0.2, 0) is 20.8 Å². The van der Waals surface area contributed by atoms with E-state index in [1.54, 1.807) is 6.92 Å². The normalized spacial score (nSPS) is 10.8. The van der Waals surface area contributed by atoms with Crippen molar-refractivity contribution in [1.29, 1.82) is 0 Å². The van der Waals surface area contributed by atoms with Crippen molar-refractivity contribution in [2.24, 2.45) is 5.41 Å². The van der Waals surface area contributed by atoms with Gasteiger partial charge >= 0.3 is 17.9 Å². The Morgan fingerprint density at radius 2 is 0.765 bits per heavy atom. The third-order valence-corrected chi connectivity index (χ3v) is 8.08. The fourth-order valence-corrected chi connectivity index (χ4v) is 4.99. The third-order valence-electron chi connectivity index (χ3n) is 8.08. The monoisotopic (exact) mass is 716 g/mol. The van der Waals surface area contributed by atoms with Gasteiger partial charge in [0.15, 0.2) is 23.0 Å². The van der Waals surface area contributed by atoms with Gasteiger partial charge in [0.2, 0.25) is 11.5 Å². The van der Waals surface area contributed by atoms with E-state index in [1.807, 2.05) is 0 Å². The summed E-state index contributed by atoms with van der Waals surface area (Å²) in [5.41, 5.74) is -0.652. The van der Waals surface area contributed by atoms with Gasteiger partial charge in [-0.2, -0.15) is 0 Å². The van der Waals surface area contributed by atoms with E-state index in [9.17, 15) is 19.5 Å². The zero-order chi connectivity index (χ0) is 37.7. The topological polar surface area (TPSA) is 173 Å². The molecule has 0 radical (unpaired) electrons. The molecule has 15 heteroatoms. The average molecular weight is 717 g/mol. The molecule has 0 atom stereocenters. The minimum atomic E-state index is -1.23. The summed E-state index contributed by atoms with van der Waals surface area (Å²) in [7, 11) is 11.3. The maximum Gasteiger partial charge on any atom is 0.338 e. The Kier molecular flexibility index (Phi) is 14.4. The molecular weight excluding hydrogens is 672 g/mol. The summed E-state index contributed by atoms with van der Waals surface area (Å²) in [4.78, 5) is 40.2. The lowest BCUT2D eigenvalue weighted by Crippen LogP contribution is -2.39. The minimum absolute atomic E-state index is 0.0646.